The number of hydrogen-bond acceptors (Lipinski definition) is 2. The topological polar surface area (TPSA) is 26.3 Å². The van der Waals surface area contributed by atoms with E-state index in [1.165, 1.54) is 84.4 Å². The van der Waals surface area contributed by atoms with E-state index in [4.69, 9.17) is 8.39 Å². The maximum absolute atomic E-state index is 5.99. The van der Waals surface area contributed by atoms with Gasteiger partial charge in [0.25, 0.3) is 0 Å². The zero-order valence-corrected chi connectivity index (χ0v) is 14.3. The molecule has 0 spiro atoms. The van der Waals surface area contributed by atoms with E-state index in [1.807, 2.05) is 0 Å². The minimum absolute atomic E-state index is 0.0552. The first kappa shape index (κ1) is 13.7. The zero-order chi connectivity index (χ0) is 15.2. The standard InChI is InChI=1S/C20H21O2P/c1-3-7-15-13(5-1)9-11-17-19(15)20-16-8-4-2-6-14(16)10-12-18(20)22-23-21-17/h9-12,23H,1-8H2. The molecule has 1 aromatic heterocycles. The van der Waals surface area contributed by atoms with Crippen molar-refractivity contribution in [3.8, 4) is 0 Å². The highest BCUT2D eigenvalue weighted by Crippen LogP contribution is 2.39. The van der Waals surface area contributed by atoms with Crippen molar-refractivity contribution in [3.05, 3.63) is 46.5 Å². The van der Waals surface area contributed by atoms with E-state index in [1.54, 1.807) is 0 Å². The first-order valence-electron chi connectivity index (χ1n) is 8.80. The average molecular weight is 324 g/mol. The minimum atomic E-state index is 0.0552. The van der Waals surface area contributed by atoms with Crippen molar-refractivity contribution in [3.63, 3.8) is 0 Å². The third-order valence-corrected chi connectivity index (χ3v) is 6.15. The number of aryl methyl sites for hydroxylation is 4. The zero-order valence-electron chi connectivity index (χ0n) is 13.3. The Morgan fingerprint density at radius 1 is 0.609 bits per heavy atom. The Labute approximate surface area is 137 Å². The average Bonchev–Trinajstić information content (AvgIpc) is 2.81. The molecule has 2 aromatic carbocycles. The van der Waals surface area contributed by atoms with Crippen molar-refractivity contribution in [2.45, 2.75) is 51.4 Å². The Morgan fingerprint density at radius 3 is 1.61 bits per heavy atom. The molecule has 0 bridgehead atoms. The summed E-state index contributed by atoms with van der Waals surface area (Å²) in [5.41, 5.74) is 8.13. The van der Waals surface area contributed by atoms with Crippen molar-refractivity contribution < 1.29 is 8.39 Å². The molecule has 5 rings (SSSR count). The van der Waals surface area contributed by atoms with Gasteiger partial charge in [0.15, 0.2) is 0 Å². The molecule has 3 aromatic rings. The van der Waals surface area contributed by atoms with Gasteiger partial charge in [0, 0.05) is 10.8 Å². The lowest BCUT2D eigenvalue weighted by atomic mass is 9.84. The maximum atomic E-state index is 5.99. The smallest absolute Gasteiger partial charge is 0.201 e. The van der Waals surface area contributed by atoms with Gasteiger partial charge in [-0.3, -0.25) is 0 Å². The molecule has 1 heterocycles. The number of benzene rings is 2. The molecule has 0 fully saturated rings. The Bertz CT molecular complexity index is 864. The highest BCUT2D eigenvalue weighted by atomic mass is 31.1. The molecular formula is C20H21O2P. The Kier molecular flexibility index (Phi) is 3.26. The van der Waals surface area contributed by atoms with Gasteiger partial charge in [-0.05, 0) is 85.8 Å². The van der Waals surface area contributed by atoms with Crippen molar-refractivity contribution in [2.75, 3.05) is 0 Å². The SMILES string of the molecule is c1cc2o[pH]oc3ccc4c(c3c2c2c1CCCC2)CCCC4. The lowest BCUT2D eigenvalue weighted by Gasteiger charge is -2.20. The number of fused-ring (bicyclic) bond motifs is 7. The Hall–Kier alpha value is -1.66. The second kappa shape index (κ2) is 5.46. The molecule has 2 nitrogen and oxygen atoms in total. The van der Waals surface area contributed by atoms with Crippen molar-refractivity contribution in [2.24, 2.45) is 0 Å². The first-order chi connectivity index (χ1) is 11.4. The highest BCUT2D eigenvalue weighted by Gasteiger charge is 2.20. The Morgan fingerprint density at radius 2 is 1.09 bits per heavy atom. The summed E-state index contributed by atoms with van der Waals surface area (Å²) in [5.74, 6) is 0. The summed E-state index contributed by atoms with van der Waals surface area (Å²) in [4.78, 5) is 0. The van der Waals surface area contributed by atoms with Crippen LogP contribution < -0.4 is 0 Å². The fourth-order valence-electron chi connectivity index (χ4n) is 4.44. The van der Waals surface area contributed by atoms with Gasteiger partial charge >= 0.3 is 0 Å². The molecule has 0 aliphatic heterocycles. The molecule has 0 atom stereocenters. The van der Waals surface area contributed by atoms with Crippen LogP contribution in [-0.4, -0.2) is 0 Å². The molecule has 0 saturated carbocycles. The van der Waals surface area contributed by atoms with Crippen LogP contribution in [0.5, 0.6) is 0 Å². The predicted octanol–water partition coefficient (Wildman–Crippen LogP) is 6.09. The van der Waals surface area contributed by atoms with Crippen molar-refractivity contribution >= 4 is 30.6 Å². The van der Waals surface area contributed by atoms with E-state index in [2.05, 4.69) is 24.3 Å². The van der Waals surface area contributed by atoms with E-state index in [-0.39, 0.29) is 8.67 Å². The monoisotopic (exact) mass is 324 g/mol. The van der Waals surface area contributed by atoms with Gasteiger partial charge in [0.05, 0.1) is 0 Å². The van der Waals surface area contributed by atoms with Crippen LogP contribution in [0.15, 0.2) is 32.7 Å². The van der Waals surface area contributed by atoms with Crippen LogP contribution in [0.4, 0.5) is 0 Å². The fraction of sp³-hybridized carbons (Fsp3) is 0.400. The van der Waals surface area contributed by atoms with Crippen LogP contribution in [0.2, 0.25) is 0 Å². The second-order valence-electron chi connectivity index (χ2n) is 6.85. The van der Waals surface area contributed by atoms with E-state index in [0.29, 0.717) is 0 Å². The van der Waals surface area contributed by atoms with Gasteiger partial charge in [-0.25, -0.2) is 0 Å². The van der Waals surface area contributed by atoms with Gasteiger partial charge in [0.2, 0.25) is 8.67 Å². The summed E-state index contributed by atoms with van der Waals surface area (Å²) in [5, 5.41) is 2.70. The van der Waals surface area contributed by atoms with Crippen molar-refractivity contribution in [1.29, 1.82) is 0 Å². The molecular weight excluding hydrogens is 303 g/mol. The van der Waals surface area contributed by atoms with Crippen LogP contribution in [0.25, 0.3) is 21.9 Å². The first-order valence-corrected chi connectivity index (χ1v) is 9.62. The largest absolute Gasteiger partial charge is 0.421 e. The molecule has 0 unspecified atom stereocenters. The molecule has 0 amide bonds. The molecule has 0 N–H and O–H groups in total. The van der Waals surface area contributed by atoms with Crippen LogP contribution in [0, 0.1) is 0 Å². The van der Waals surface area contributed by atoms with E-state index in [9.17, 15) is 0 Å². The van der Waals surface area contributed by atoms with Gasteiger partial charge in [-0.1, -0.05) is 12.1 Å². The van der Waals surface area contributed by atoms with Crippen LogP contribution in [0.3, 0.4) is 0 Å². The van der Waals surface area contributed by atoms with Crippen LogP contribution in [0.1, 0.15) is 47.9 Å². The summed E-state index contributed by atoms with van der Waals surface area (Å²) >= 11 is 0. The molecule has 3 heteroatoms. The third-order valence-electron chi connectivity index (χ3n) is 5.54. The van der Waals surface area contributed by atoms with Gasteiger partial charge in [-0.15, -0.1) is 0 Å². The van der Waals surface area contributed by atoms with Gasteiger partial charge in [-0.2, -0.15) is 0 Å². The second-order valence-corrected chi connectivity index (χ2v) is 7.43. The van der Waals surface area contributed by atoms with Gasteiger partial charge in [0.1, 0.15) is 11.2 Å². The summed E-state index contributed by atoms with van der Waals surface area (Å²) in [6, 6.07) is 8.90. The van der Waals surface area contributed by atoms with E-state index in [0.717, 1.165) is 11.2 Å². The highest BCUT2D eigenvalue weighted by molar-refractivity contribution is 7.15. The summed E-state index contributed by atoms with van der Waals surface area (Å²) in [6.45, 7) is 0. The molecule has 0 radical (unpaired) electrons. The van der Waals surface area contributed by atoms with Crippen LogP contribution >= 0.6 is 8.67 Å². The summed E-state index contributed by atoms with van der Waals surface area (Å²) in [7, 11) is 0.0552. The van der Waals surface area contributed by atoms with Crippen molar-refractivity contribution in [1.82, 2.24) is 0 Å². The third kappa shape index (κ3) is 2.16. The van der Waals surface area contributed by atoms with Gasteiger partial charge < -0.3 is 8.39 Å². The van der Waals surface area contributed by atoms with E-state index >= 15 is 0 Å². The number of hydrogen-bond donors (Lipinski definition) is 0. The number of rotatable bonds is 0. The summed E-state index contributed by atoms with van der Waals surface area (Å²) in [6.07, 6.45) is 9.96. The molecule has 2 aliphatic carbocycles. The fourth-order valence-corrected chi connectivity index (χ4v) is 5.00. The Balaban J connectivity index is 2.01. The normalized spacial score (nSPS) is 17.0. The van der Waals surface area contributed by atoms with E-state index < -0.39 is 0 Å². The predicted molar refractivity (Wildman–Crippen MR) is 96.4 cm³/mol. The lowest BCUT2D eigenvalue weighted by molar-refractivity contribution is 0.658. The molecule has 118 valence electrons. The molecule has 23 heavy (non-hydrogen) atoms. The minimum Gasteiger partial charge on any atom is -0.421 e. The molecule has 0 saturated heterocycles. The summed E-state index contributed by atoms with van der Waals surface area (Å²) < 4.78 is 12.0. The maximum Gasteiger partial charge on any atom is 0.201 e. The van der Waals surface area contributed by atoms with Crippen LogP contribution in [-0.2, 0) is 25.7 Å². The molecule has 2 aliphatic rings. The lowest BCUT2D eigenvalue weighted by Crippen LogP contribution is -2.05. The quantitative estimate of drug-likeness (QED) is 0.500.